The number of rotatable bonds is 4. The summed E-state index contributed by atoms with van der Waals surface area (Å²) < 4.78 is 27.9. The van der Waals surface area contributed by atoms with Crippen LogP contribution < -0.4 is 15.4 Å². The number of anilines is 3. The summed E-state index contributed by atoms with van der Waals surface area (Å²) in [5.74, 6) is 0.159. The molecule has 3 N–H and O–H groups in total. The second-order valence-corrected chi connectivity index (χ2v) is 8.97. The van der Waals surface area contributed by atoms with Crippen molar-refractivity contribution in [3.8, 4) is 0 Å². The molecule has 0 aromatic heterocycles. The summed E-state index contributed by atoms with van der Waals surface area (Å²) in [6.07, 6.45) is 0. The lowest BCUT2D eigenvalue weighted by Crippen LogP contribution is -2.20. The quantitative estimate of drug-likeness (QED) is 0.725. The van der Waals surface area contributed by atoms with Crippen LogP contribution in [0.25, 0.3) is 0 Å². The molecule has 1 heterocycles. The van der Waals surface area contributed by atoms with Crippen LogP contribution in [0.2, 0.25) is 0 Å². The minimum absolute atomic E-state index is 0.0580. The molecule has 0 bridgehead atoms. The smallest absolute Gasteiger partial charge is 0.261 e. The summed E-state index contributed by atoms with van der Waals surface area (Å²) in [4.78, 5) is 24.0. The topological polar surface area (TPSA) is 104 Å². The van der Waals surface area contributed by atoms with Crippen molar-refractivity contribution in [1.29, 1.82) is 0 Å². The molecule has 9 heteroatoms. The Bertz CT molecular complexity index is 988. The monoisotopic (exact) mass is 405 g/mol. The van der Waals surface area contributed by atoms with Gasteiger partial charge in [-0.3, -0.25) is 14.3 Å². The van der Waals surface area contributed by atoms with Gasteiger partial charge in [-0.1, -0.05) is 6.92 Å². The molecule has 2 aromatic rings. The van der Waals surface area contributed by atoms with Crippen LogP contribution >= 0.6 is 11.8 Å². The van der Waals surface area contributed by atoms with E-state index in [0.29, 0.717) is 22.8 Å². The summed E-state index contributed by atoms with van der Waals surface area (Å²) in [7, 11) is -3.82. The van der Waals surface area contributed by atoms with E-state index in [-0.39, 0.29) is 22.6 Å². The average Bonchev–Trinajstić information content (AvgIpc) is 2.74. The van der Waals surface area contributed by atoms with Crippen molar-refractivity contribution in [3.63, 3.8) is 0 Å². The van der Waals surface area contributed by atoms with E-state index in [4.69, 9.17) is 0 Å². The van der Waals surface area contributed by atoms with Gasteiger partial charge in [0.1, 0.15) is 0 Å². The van der Waals surface area contributed by atoms with E-state index in [1.165, 1.54) is 30.8 Å². The van der Waals surface area contributed by atoms with Crippen LogP contribution in [0.4, 0.5) is 17.1 Å². The zero-order valence-corrected chi connectivity index (χ0v) is 16.4. The molecule has 2 amide bonds. The van der Waals surface area contributed by atoms with Crippen molar-refractivity contribution < 1.29 is 18.0 Å². The number of sulfonamides is 1. The fourth-order valence-corrected chi connectivity index (χ4v) is 4.58. The molecule has 142 valence electrons. The molecule has 0 saturated heterocycles. The molecule has 1 aliphatic heterocycles. The average molecular weight is 406 g/mol. The first-order valence-corrected chi connectivity index (χ1v) is 10.7. The fourth-order valence-electron chi connectivity index (χ4n) is 2.49. The Kier molecular flexibility index (Phi) is 5.43. The summed E-state index contributed by atoms with van der Waals surface area (Å²) >= 11 is 1.52. The van der Waals surface area contributed by atoms with Crippen LogP contribution in [0, 0.1) is 5.92 Å². The number of fused-ring (bicyclic) bond motifs is 1. The second-order valence-electron chi connectivity index (χ2n) is 6.22. The summed E-state index contributed by atoms with van der Waals surface area (Å²) in [5, 5.41) is 5.40. The lowest BCUT2D eigenvalue weighted by Gasteiger charge is -2.12. The Hall–Kier alpha value is -2.52. The van der Waals surface area contributed by atoms with E-state index in [0.717, 1.165) is 4.90 Å². The maximum atomic E-state index is 12.7. The molecule has 0 radical (unpaired) electrons. The molecule has 0 saturated carbocycles. The number of benzene rings is 2. The molecule has 7 nitrogen and oxygen atoms in total. The van der Waals surface area contributed by atoms with Crippen LogP contribution in [0.5, 0.6) is 0 Å². The second kappa shape index (κ2) is 7.61. The Morgan fingerprint density at radius 3 is 2.48 bits per heavy atom. The number of thioether (sulfide) groups is 1. The zero-order chi connectivity index (χ0) is 19.6. The molecule has 27 heavy (non-hydrogen) atoms. The highest BCUT2D eigenvalue weighted by Gasteiger charge is 2.23. The summed E-state index contributed by atoms with van der Waals surface area (Å²) in [6, 6.07) is 11.0. The van der Waals surface area contributed by atoms with Crippen molar-refractivity contribution in [2.45, 2.75) is 23.6 Å². The van der Waals surface area contributed by atoms with Crippen molar-refractivity contribution in [2.75, 3.05) is 21.1 Å². The molecule has 0 unspecified atom stereocenters. The Morgan fingerprint density at radius 2 is 1.81 bits per heavy atom. The lowest BCUT2D eigenvalue weighted by molar-refractivity contribution is -0.118. The van der Waals surface area contributed by atoms with Gasteiger partial charge in [-0.15, -0.1) is 11.8 Å². The Labute approximate surface area is 162 Å². The largest absolute Gasteiger partial charge is 0.326 e. The van der Waals surface area contributed by atoms with Gasteiger partial charge in [-0.05, 0) is 42.5 Å². The predicted molar refractivity (Wildman–Crippen MR) is 107 cm³/mol. The van der Waals surface area contributed by atoms with E-state index in [2.05, 4.69) is 15.4 Å². The third-order valence-electron chi connectivity index (χ3n) is 3.91. The number of amides is 2. The van der Waals surface area contributed by atoms with Gasteiger partial charge in [0.15, 0.2) is 0 Å². The first kappa shape index (κ1) is 19.2. The standard InChI is InChI=1S/C18H19N3O4S2/c1-11-10-26-17-8-7-15(9-16(17)20-18(11)23)27(24,25)21-14-5-3-13(4-6-14)19-12(2)22/h3-9,11,21H,10H2,1-2H3,(H,19,22)(H,20,23)/t11-/m0/s1. The van der Waals surface area contributed by atoms with E-state index >= 15 is 0 Å². The molecule has 2 aromatic carbocycles. The third-order valence-corrected chi connectivity index (χ3v) is 6.63. The highest BCUT2D eigenvalue weighted by atomic mass is 32.2. The molecular weight excluding hydrogens is 386 g/mol. The van der Waals surface area contributed by atoms with E-state index in [1.807, 2.05) is 6.92 Å². The number of carbonyl (C=O) groups is 2. The number of nitrogens with one attached hydrogen (secondary N) is 3. The Morgan fingerprint density at radius 1 is 1.15 bits per heavy atom. The maximum Gasteiger partial charge on any atom is 0.261 e. The molecule has 1 aliphatic rings. The van der Waals surface area contributed by atoms with Gasteiger partial charge in [0, 0.05) is 34.9 Å². The third kappa shape index (κ3) is 4.61. The zero-order valence-electron chi connectivity index (χ0n) is 14.8. The first-order chi connectivity index (χ1) is 12.7. The van der Waals surface area contributed by atoms with Crippen LogP contribution in [0.15, 0.2) is 52.3 Å². The van der Waals surface area contributed by atoms with Crippen molar-refractivity contribution in [1.82, 2.24) is 0 Å². The molecule has 0 fully saturated rings. The van der Waals surface area contributed by atoms with Crippen molar-refractivity contribution in [2.24, 2.45) is 5.92 Å². The molecule has 3 rings (SSSR count). The SMILES string of the molecule is CC(=O)Nc1ccc(NS(=O)(=O)c2ccc3c(c2)NC(=O)[C@@H](C)CS3)cc1. The predicted octanol–water partition coefficient (Wildman–Crippen LogP) is 3.13. The van der Waals surface area contributed by atoms with Crippen LogP contribution in [-0.2, 0) is 19.6 Å². The molecular formula is C18H19N3O4S2. The van der Waals surface area contributed by atoms with Crippen molar-refractivity contribution >= 4 is 50.7 Å². The van der Waals surface area contributed by atoms with Crippen LogP contribution in [-0.4, -0.2) is 26.0 Å². The van der Waals surface area contributed by atoms with Gasteiger partial charge in [0.05, 0.1) is 10.6 Å². The first-order valence-electron chi connectivity index (χ1n) is 8.23. The van der Waals surface area contributed by atoms with Gasteiger partial charge in [-0.25, -0.2) is 8.42 Å². The molecule has 0 aliphatic carbocycles. The van der Waals surface area contributed by atoms with Crippen LogP contribution in [0.1, 0.15) is 13.8 Å². The normalized spacial score (nSPS) is 16.7. The number of hydrogen-bond donors (Lipinski definition) is 3. The highest BCUT2D eigenvalue weighted by molar-refractivity contribution is 7.99. The number of hydrogen-bond acceptors (Lipinski definition) is 5. The number of carbonyl (C=O) groups excluding carboxylic acids is 2. The van der Waals surface area contributed by atoms with Gasteiger partial charge in [-0.2, -0.15) is 0 Å². The maximum absolute atomic E-state index is 12.7. The Balaban J connectivity index is 1.82. The van der Waals surface area contributed by atoms with Gasteiger partial charge < -0.3 is 10.6 Å². The summed E-state index contributed by atoms with van der Waals surface area (Å²) in [6.45, 7) is 3.23. The minimum atomic E-state index is -3.82. The van der Waals surface area contributed by atoms with E-state index in [9.17, 15) is 18.0 Å². The lowest BCUT2D eigenvalue weighted by atomic mass is 10.2. The fraction of sp³-hybridized carbons (Fsp3) is 0.222. The van der Waals surface area contributed by atoms with E-state index in [1.54, 1.807) is 30.3 Å². The van der Waals surface area contributed by atoms with Gasteiger partial charge in [0.25, 0.3) is 10.0 Å². The minimum Gasteiger partial charge on any atom is -0.326 e. The van der Waals surface area contributed by atoms with Crippen LogP contribution in [0.3, 0.4) is 0 Å². The summed E-state index contributed by atoms with van der Waals surface area (Å²) in [5.41, 5.74) is 1.44. The van der Waals surface area contributed by atoms with Gasteiger partial charge in [0.2, 0.25) is 11.8 Å². The van der Waals surface area contributed by atoms with Crippen molar-refractivity contribution in [3.05, 3.63) is 42.5 Å². The highest BCUT2D eigenvalue weighted by Crippen LogP contribution is 2.34. The van der Waals surface area contributed by atoms with Gasteiger partial charge >= 0.3 is 0 Å². The molecule has 1 atom stereocenters. The molecule has 0 spiro atoms. The van der Waals surface area contributed by atoms with E-state index < -0.39 is 10.0 Å².